The summed E-state index contributed by atoms with van der Waals surface area (Å²) in [6.07, 6.45) is 2.88. The van der Waals surface area contributed by atoms with Crippen molar-refractivity contribution in [2.45, 2.75) is 32.4 Å². The minimum absolute atomic E-state index is 0.103. The minimum atomic E-state index is -0.190. The van der Waals surface area contributed by atoms with Gasteiger partial charge in [-0.2, -0.15) is 5.10 Å². The summed E-state index contributed by atoms with van der Waals surface area (Å²) < 4.78 is 1.61. The molecule has 2 rings (SSSR count). The summed E-state index contributed by atoms with van der Waals surface area (Å²) in [5.74, 6) is 0.293. The lowest BCUT2D eigenvalue weighted by molar-refractivity contribution is 0.0262. The molecule has 1 saturated carbocycles. The van der Waals surface area contributed by atoms with Crippen LogP contribution in [0.3, 0.4) is 0 Å². The van der Waals surface area contributed by atoms with Gasteiger partial charge in [-0.05, 0) is 25.7 Å². The number of aliphatic hydroxyl groups is 1. The van der Waals surface area contributed by atoms with Crippen LogP contribution in [0.25, 0.3) is 0 Å². The van der Waals surface area contributed by atoms with E-state index < -0.39 is 0 Å². The molecule has 1 aliphatic rings. The molecule has 6 nitrogen and oxygen atoms in total. The van der Waals surface area contributed by atoms with Gasteiger partial charge < -0.3 is 15.7 Å². The molecule has 1 aromatic rings. The number of hydrogen-bond donors (Lipinski definition) is 2. The van der Waals surface area contributed by atoms with Crippen LogP contribution in [0, 0.1) is 5.92 Å². The van der Waals surface area contributed by atoms with Gasteiger partial charge in [0.2, 0.25) is 0 Å². The lowest BCUT2D eigenvalue weighted by Gasteiger charge is -2.34. The van der Waals surface area contributed by atoms with Gasteiger partial charge in [-0.1, -0.05) is 0 Å². The molecule has 0 unspecified atom stereocenters. The third kappa shape index (κ3) is 2.33. The number of hydrogen-bond acceptors (Lipinski definition) is 4. The van der Waals surface area contributed by atoms with Gasteiger partial charge in [-0.3, -0.25) is 9.48 Å². The molecule has 0 atom stereocenters. The van der Waals surface area contributed by atoms with Crippen molar-refractivity contribution in [3.05, 3.63) is 11.9 Å². The van der Waals surface area contributed by atoms with E-state index in [4.69, 9.17) is 5.73 Å². The Morgan fingerprint density at radius 2 is 2.33 bits per heavy atom. The minimum Gasteiger partial charge on any atom is -0.396 e. The Hall–Kier alpha value is -1.56. The number of carbonyl (C=O) groups is 1. The second-order valence-corrected chi connectivity index (χ2v) is 4.94. The zero-order chi connectivity index (χ0) is 13.3. The molecule has 100 valence electrons. The van der Waals surface area contributed by atoms with E-state index >= 15 is 0 Å². The fraction of sp³-hybridized carbons (Fsp3) is 0.667. The number of amides is 1. The van der Waals surface area contributed by atoms with Crippen molar-refractivity contribution in [1.29, 1.82) is 0 Å². The van der Waals surface area contributed by atoms with Gasteiger partial charge in [0.25, 0.3) is 5.91 Å². The molecule has 0 bridgehead atoms. The standard InChI is InChI=1S/C12H20N4O2/c1-3-16-11(10(13)6-14-16)12(18)15(2)7-8-4-9(17)5-8/h6,8-9,17H,3-5,7,13H2,1-2H3. The molecule has 0 saturated heterocycles. The Kier molecular flexibility index (Phi) is 3.56. The summed E-state index contributed by atoms with van der Waals surface area (Å²) in [5, 5.41) is 13.3. The Morgan fingerprint density at radius 3 is 2.89 bits per heavy atom. The number of aliphatic hydroxyl groups excluding tert-OH is 1. The molecule has 0 aromatic carbocycles. The molecule has 0 spiro atoms. The van der Waals surface area contributed by atoms with Crippen LogP contribution in [0.1, 0.15) is 30.3 Å². The van der Waals surface area contributed by atoms with Gasteiger partial charge in [0.05, 0.1) is 18.0 Å². The maximum absolute atomic E-state index is 12.3. The predicted octanol–water partition coefficient (Wildman–Crippen LogP) is 0.328. The van der Waals surface area contributed by atoms with Gasteiger partial charge >= 0.3 is 0 Å². The third-order valence-corrected chi connectivity index (χ3v) is 3.46. The van der Waals surface area contributed by atoms with E-state index in [1.54, 1.807) is 16.6 Å². The summed E-state index contributed by atoms with van der Waals surface area (Å²) in [6, 6.07) is 0. The maximum Gasteiger partial charge on any atom is 0.274 e. The molecular weight excluding hydrogens is 232 g/mol. The number of nitrogen functional groups attached to an aromatic ring is 1. The average molecular weight is 252 g/mol. The van der Waals surface area contributed by atoms with Gasteiger partial charge in [0.1, 0.15) is 5.69 Å². The van der Waals surface area contributed by atoms with Gasteiger partial charge in [0.15, 0.2) is 0 Å². The van der Waals surface area contributed by atoms with E-state index in [2.05, 4.69) is 5.10 Å². The first-order valence-electron chi connectivity index (χ1n) is 6.27. The van der Waals surface area contributed by atoms with E-state index in [0.717, 1.165) is 12.8 Å². The predicted molar refractivity (Wildman–Crippen MR) is 68.0 cm³/mol. The molecule has 3 N–H and O–H groups in total. The Balaban J connectivity index is 2.03. The zero-order valence-corrected chi connectivity index (χ0v) is 10.8. The smallest absolute Gasteiger partial charge is 0.274 e. The topological polar surface area (TPSA) is 84.4 Å². The van der Waals surface area contributed by atoms with Crippen molar-refractivity contribution in [1.82, 2.24) is 14.7 Å². The monoisotopic (exact) mass is 252 g/mol. The number of rotatable bonds is 4. The number of aromatic nitrogens is 2. The molecule has 1 aromatic heterocycles. The fourth-order valence-corrected chi connectivity index (χ4v) is 2.37. The highest BCUT2D eigenvalue weighted by atomic mass is 16.3. The second kappa shape index (κ2) is 4.97. The number of carbonyl (C=O) groups excluding carboxylic acids is 1. The molecule has 18 heavy (non-hydrogen) atoms. The lowest BCUT2D eigenvalue weighted by Crippen LogP contribution is -2.40. The van der Waals surface area contributed by atoms with Crippen LogP contribution in [0.2, 0.25) is 0 Å². The van der Waals surface area contributed by atoms with Crippen LogP contribution < -0.4 is 5.73 Å². The summed E-state index contributed by atoms with van der Waals surface area (Å²) in [7, 11) is 1.76. The Labute approximate surface area is 106 Å². The van der Waals surface area contributed by atoms with E-state index in [1.165, 1.54) is 6.20 Å². The summed E-state index contributed by atoms with van der Waals surface area (Å²) in [4.78, 5) is 13.9. The highest BCUT2D eigenvalue weighted by Crippen LogP contribution is 2.28. The first-order valence-corrected chi connectivity index (χ1v) is 6.27. The van der Waals surface area contributed by atoms with Crippen LogP contribution in [-0.2, 0) is 6.54 Å². The molecule has 1 fully saturated rings. The van der Waals surface area contributed by atoms with Crippen LogP contribution in [0.5, 0.6) is 0 Å². The van der Waals surface area contributed by atoms with Crippen molar-refractivity contribution < 1.29 is 9.90 Å². The zero-order valence-electron chi connectivity index (χ0n) is 10.8. The maximum atomic E-state index is 12.3. The van der Waals surface area contributed by atoms with Crippen molar-refractivity contribution in [3.63, 3.8) is 0 Å². The molecule has 6 heteroatoms. The SMILES string of the molecule is CCn1ncc(N)c1C(=O)N(C)CC1CC(O)C1. The lowest BCUT2D eigenvalue weighted by atomic mass is 9.82. The molecular formula is C12H20N4O2. The van der Waals surface area contributed by atoms with Crippen molar-refractivity contribution in [3.8, 4) is 0 Å². The first kappa shape index (κ1) is 12.9. The highest BCUT2D eigenvalue weighted by molar-refractivity contribution is 5.97. The van der Waals surface area contributed by atoms with Crippen LogP contribution in [0.4, 0.5) is 5.69 Å². The van der Waals surface area contributed by atoms with E-state index in [9.17, 15) is 9.90 Å². The summed E-state index contributed by atoms with van der Waals surface area (Å²) in [5.41, 5.74) is 6.66. The summed E-state index contributed by atoms with van der Waals surface area (Å²) >= 11 is 0. The van der Waals surface area contributed by atoms with Crippen LogP contribution >= 0.6 is 0 Å². The number of nitrogens with zero attached hydrogens (tertiary/aromatic N) is 3. The Morgan fingerprint density at radius 1 is 1.67 bits per heavy atom. The van der Waals surface area contributed by atoms with E-state index in [-0.39, 0.29) is 12.0 Å². The van der Waals surface area contributed by atoms with E-state index in [1.807, 2.05) is 6.92 Å². The quantitative estimate of drug-likeness (QED) is 0.808. The molecule has 0 aliphatic heterocycles. The summed E-state index contributed by atoms with van der Waals surface area (Å²) in [6.45, 7) is 3.20. The van der Waals surface area contributed by atoms with Crippen LogP contribution in [-0.4, -0.2) is 45.4 Å². The average Bonchev–Trinajstić information content (AvgIpc) is 2.67. The normalized spacial score (nSPS) is 22.6. The molecule has 1 aliphatic carbocycles. The third-order valence-electron chi connectivity index (χ3n) is 3.46. The fourth-order valence-electron chi connectivity index (χ4n) is 2.37. The van der Waals surface area contributed by atoms with Gasteiger partial charge in [-0.25, -0.2) is 0 Å². The second-order valence-electron chi connectivity index (χ2n) is 4.94. The number of anilines is 1. The molecule has 1 heterocycles. The molecule has 0 radical (unpaired) electrons. The van der Waals surface area contributed by atoms with Crippen molar-refractivity contribution in [2.24, 2.45) is 5.92 Å². The highest BCUT2D eigenvalue weighted by Gasteiger charge is 2.30. The Bertz CT molecular complexity index is 437. The first-order chi connectivity index (χ1) is 8.52. The van der Waals surface area contributed by atoms with Gasteiger partial charge in [0, 0.05) is 20.1 Å². The van der Waals surface area contributed by atoms with Crippen molar-refractivity contribution in [2.75, 3.05) is 19.3 Å². The van der Waals surface area contributed by atoms with Crippen molar-refractivity contribution >= 4 is 11.6 Å². The van der Waals surface area contributed by atoms with Crippen LogP contribution in [0.15, 0.2) is 6.20 Å². The number of nitrogens with two attached hydrogens (primary N) is 1. The molecule has 1 amide bonds. The largest absolute Gasteiger partial charge is 0.396 e. The van der Waals surface area contributed by atoms with Gasteiger partial charge in [-0.15, -0.1) is 0 Å². The van der Waals surface area contributed by atoms with E-state index in [0.29, 0.717) is 30.4 Å². The number of aryl methyl sites for hydroxylation is 1.